The second kappa shape index (κ2) is 29.4. The van der Waals surface area contributed by atoms with Gasteiger partial charge in [-0.15, -0.1) is 0 Å². The number of alkyl halides is 9. The first-order chi connectivity index (χ1) is 40.5. The molecule has 0 aliphatic carbocycles. The fraction of sp³-hybridized carbons (Fsp3) is 0.105. The highest BCUT2D eigenvalue weighted by molar-refractivity contribution is 6.29. The summed E-state index contributed by atoms with van der Waals surface area (Å²) in [6.07, 6.45) is -2.21. The molecule has 0 spiro atoms. The maximum Gasteiger partial charge on any atom is 0.419 e. The number of carbonyl (C=O) groups excluding carboxylic acids is 3. The Kier molecular flexibility index (Phi) is 22.0. The molecule has 28 heteroatoms. The van der Waals surface area contributed by atoms with Gasteiger partial charge in [-0.1, -0.05) is 48.0 Å². The number of halogens is 10. The molecular formula is C57H49ClF9N15O3. The third-order valence-corrected chi connectivity index (χ3v) is 11.4. The standard InChI is InChI=1S/2C19H16F3N5O.C14H11ClF3N3O.C5H6N2/c2*1-23-18(28)13-6-2-3-7-15(13)27-16-9-17(25-11-14(16)19(20,21)22)26-12-5-4-8-24-10-12;1-19-13(22)8-4-2-3-5-10(8)21-11-6-12(15)20-7-9(11)14(16,17)18;6-5-2-1-3-7-4-5/h2*2-11H,1H3,(H,23,28)(H2,25,26,27);2-7H,1H3,(H,19,22)(H,20,21);1-4H,6H2. The van der Waals surface area contributed by atoms with Gasteiger partial charge in [0.05, 0.1) is 97.0 Å². The largest absolute Gasteiger partial charge is 0.419 e. The zero-order valence-corrected chi connectivity index (χ0v) is 45.3. The van der Waals surface area contributed by atoms with Crippen molar-refractivity contribution in [1.29, 1.82) is 0 Å². The van der Waals surface area contributed by atoms with E-state index in [0.717, 1.165) is 18.5 Å². The van der Waals surface area contributed by atoms with Gasteiger partial charge in [0.15, 0.2) is 0 Å². The van der Waals surface area contributed by atoms with E-state index < -0.39 is 52.9 Å². The molecule has 0 atom stereocenters. The van der Waals surface area contributed by atoms with Crippen molar-refractivity contribution in [2.75, 3.05) is 53.5 Å². The number of nitrogens with two attached hydrogens (primary N) is 1. The molecule has 10 N–H and O–H groups in total. The molecule has 3 amide bonds. The summed E-state index contributed by atoms with van der Waals surface area (Å²) in [6, 6.07) is 32.7. The van der Waals surface area contributed by atoms with Gasteiger partial charge in [-0.05, 0) is 78.9 Å². The highest BCUT2D eigenvalue weighted by Gasteiger charge is 2.37. The second-order valence-electron chi connectivity index (χ2n) is 17.0. The normalized spacial score (nSPS) is 10.8. The molecule has 85 heavy (non-hydrogen) atoms. The van der Waals surface area contributed by atoms with E-state index in [4.69, 9.17) is 17.3 Å². The molecule has 0 bridgehead atoms. The van der Waals surface area contributed by atoms with Gasteiger partial charge in [0, 0.05) is 76.7 Å². The van der Waals surface area contributed by atoms with E-state index in [2.05, 4.69) is 72.4 Å². The van der Waals surface area contributed by atoms with Crippen molar-refractivity contribution in [3.63, 3.8) is 0 Å². The fourth-order valence-electron chi connectivity index (χ4n) is 7.22. The van der Waals surface area contributed by atoms with Crippen LogP contribution in [0.1, 0.15) is 47.8 Å². The number of carbonyl (C=O) groups is 3. The molecule has 0 unspecified atom stereocenters. The molecule has 0 saturated carbocycles. The Morgan fingerprint density at radius 1 is 0.400 bits per heavy atom. The topological polar surface area (TPSA) is 251 Å². The van der Waals surface area contributed by atoms with Gasteiger partial charge in [-0.3, -0.25) is 29.3 Å². The van der Waals surface area contributed by atoms with Gasteiger partial charge >= 0.3 is 18.5 Å². The van der Waals surface area contributed by atoms with Crippen LogP contribution in [-0.2, 0) is 18.5 Å². The number of pyridine rings is 6. The summed E-state index contributed by atoms with van der Waals surface area (Å²) >= 11 is 5.67. The molecule has 18 nitrogen and oxygen atoms in total. The third kappa shape index (κ3) is 18.7. The van der Waals surface area contributed by atoms with Gasteiger partial charge in [0.2, 0.25) is 0 Å². The maximum atomic E-state index is 13.4. The minimum Gasteiger partial charge on any atom is -0.397 e. The van der Waals surface area contributed by atoms with Crippen molar-refractivity contribution < 1.29 is 53.9 Å². The predicted octanol–water partition coefficient (Wildman–Crippen LogP) is 13.2. The molecule has 440 valence electrons. The lowest BCUT2D eigenvalue weighted by molar-refractivity contribution is -0.138. The molecule has 6 heterocycles. The van der Waals surface area contributed by atoms with Crippen molar-refractivity contribution >= 4 is 92.1 Å². The summed E-state index contributed by atoms with van der Waals surface area (Å²) in [5.41, 5.74) is 4.92. The first-order valence-electron chi connectivity index (χ1n) is 24.6. The minimum absolute atomic E-state index is 0.0899. The van der Waals surface area contributed by atoms with Gasteiger partial charge in [-0.25, -0.2) is 15.0 Å². The second-order valence-corrected chi connectivity index (χ2v) is 17.4. The van der Waals surface area contributed by atoms with Crippen LogP contribution in [0.3, 0.4) is 0 Å². The number of amides is 3. The summed E-state index contributed by atoms with van der Waals surface area (Å²) in [5, 5.41) is 21.1. The lowest BCUT2D eigenvalue weighted by Crippen LogP contribution is -2.19. The Balaban J connectivity index is 0.000000194. The smallest absolute Gasteiger partial charge is 0.397 e. The van der Waals surface area contributed by atoms with Crippen LogP contribution in [-0.4, -0.2) is 68.8 Å². The average molecular weight is 1200 g/mol. The van der Waals surface area contributed by atoms with E-state index >= 15 is 0 Å². The fourth-order valence-corrected chi connectivity index (χ4v) is 7.38. The molecule has 0 saturated heterocycles. The molecule has 0 fully saturated rings. The number of benzene rings is 3. The van der Waals surface area contributed by atoms with Crippen LogP contribution < -0.4 is 48.3 Å². The number of nitrogens with one attached hydrogen (secondary N) is 8. The number of hydrogen-bond donors (Lipinski definition) is 9. The van der Waals surface area contributed by atoms with Crippen molar-refractivity contribution in [1.82, 2.24) is 45.9 Å². The Labute approximate surface area is 484 Å². The van der Waals surface area contributed by atoms with Crippen molar-refractivity contribution in [3.05, 3.63) is 222 Å². The number of anilines is 11. The van der Waals surface area contributed by atoms with Gasteiger partial charge in [0.25, 0.3) is 17.7 Å². The Bertz CT molecular complexity index is 3520. The quantitative estimate of drug-likeness (QED) is 0.0385. The third-order valence-electron chi connectivity index (χ3n) is 11.2. The number of hydrogen-bond acceptors (Lipinski definition) is 15. The zero-order chi connectivity index (χ0) is 61.7. The summed E-state index contributed by atoms with van der Waals surface area (Å²) < 4.78 is 120. The van der Waals surface area contributed by atoms with Crippen LogP contribution in [0.25, 0.3) is 0 Å². The van der Waals surface area contributed by atoms with Crippen LogP contribution >= 0.6 is 11.6 Å². The van der Waals surface area contributed by atoms with E-state index in [1.54, 1.807) is 97.6 Å². The van der Waals surface area contributed by atoms with Crippen molar-refractivity contribution in [2.24, 2.45) is 0 Å². The molecule has 6 aromatic heterocycles. The summed E-state index contributed by atoms with van der Waals surface area (Å²) in [7, 11) is 4.33. The average Bonchev–Trinajstić information content (AvgIpc) is 2.48. The monoisotopic (exact) mass is 1200 g/mol. The first kappa shape index (κ1) is 63.6. The van der Waals surface area contributed by atoms with E-state index in [-0.39, 0.29) is 67.6 Å². The summed E-state index contributed by atoms with van der Waals surface area (Å²) in [5.74, 6) is -0.863. The van der Waals surface area contributed by atoms with E-state index in [1.165, 1.54) is 82.1 Å². The SMILES string of the molecule is CNC(=O)c1ccccc1Nc1cc(Cl)ncc1C(F)(F)F.CNC(=O)c1ccccc1Nc1cc(Nc2cccnc2)ncc1C(F)(F)F.CNC(=O)c1ccccc1Nc1cc(Nc2cccnc2)ncc1C(F)(F)F.Nc1cccnc1. The molecule has 9 rings (SSSR count). The van der Waals surface area contributed by atoms with Gasteiger partial charge < -0.3 is 48.3 Å². The maximum absolute atomic E-state index is 13.4. The molecule has 3 aromatic carbocycles. The number of aromatic nitrogens is 6. The molecule has 0 aliphatic rings. The van der Waals surface area contributed by atoms with Crippen LogP contribution in [0, 0.1) is 0 Å². The highest BCUT2D eigenvalue weighted by Crippen LogP contribution is 2.40. The Morgan fingerprint density at radius 3 is 1.02 bits per heavy atom. The van der Waals surface area contributed by atoms with Crippen LogP contribution in [0.2, 0.25) is 5.15 Å². The molecule has 0 aliphatic heterocycles. The minimum atomic E-state index is -4.62. The number of nitrogens with zero attached hydrogens (tertiary/aromatic N) is 6. The van der Waals surface area contributed by atoms with Crippen molar-refractivity contribution in [3.8, 4) is 0 Å². The van der Waals surface area contributed by atoms with Crippen LogP contribution in [0.4, 0.5) is 102 Å². The number of nitrogen functional groups attached to an aromatic ring is 1. The number of para-hydroxylation sites is 3. The summed E-state index contributed by atoms with van der Waals surface area (Å²) in [4.78, 5) is 58.5. The number of rotatable bonds is 13. The lowest BCUT2D eigenvalue weighted by Gasteiger charge is -2.17. The Hall–Kier alpha value is -10.6. The molecule has 9 aromatic rings. The van der Waals surface area contributed by atoms with Crippen LogP contribution in [0.5, 0.6) is 0 Å². The van der Waals surface area contributed by atoms with Crippen molar-refractivity contribution in [2.45, 2.75) is 18.5 Å². The van der Waals surface area contributed by atoms with Gasteiger partial charge in [0.1, 0.15) is 16.8 Å². The summed E-state index contributed by atoms with van der Waals surface area (Å²) in [6.45, 7) is 0. The molecule has 0 radical (unpaired) electrons. The molecular weight excluding hydrogens is 1150 g/mol. The predicted molar refractivity (Wildman–Crippen MR) is 306 cm³/mol. The van der Waals surface area contributed by atoms with Gasteiger partial charge in [-0.2, -0.15) is 39.5 Å². The lowest BCUT2D eigenvalue weighted by atomic mass is 10.1. The van der Waals surface area contributed by atoms with E-state index in [0.29, 0.717) is 23.3 Å². The zero-order valence-electron chi connectivity index (χ0n) is 44.6. The van der Waals surface area contributed by atoms with E-state index in [9.17, 15) is 53.9 Å². The van der Waals surface area contributed by atoms with Crippen LogP contribution in [0.15, 0.2) is 183 Å². The van der Waals surface area contributed by atoms with E-state index in [1.807, 2.05) is 0 Å². The Morgan fingerprint density at radius 2 is 0.729 bits per heavy atom. The highest BCUT2D eigenvalue weighted by atomic mass is 35.5. The first-order valence-corrected chi connectivity index (χ1v) is 25.0.